The third kappa shape index (κ3) is 4.99. The van der Waals surface area contributed by atoms with E-state index < -0.39 is 5.97 Å². The Morgan fingerprint density at radius 1 is 1.09 bits per heavy atom. The molecule has 0 saturated heterocycles. The Balaban J connectivity index is 1.61. The molecule has 0 unspecified atom stereocenters. The Labute approximate surface area is 201 Å². The molecule has 1 aromatic heterocycles. The van der Waals surface area contributed by atoms with Crippen LogP contribution < -0.4 is 14.4 Å². The maximum atomic E-state index is 12.5. The minimum atomic E-state index is -0.581. The predicted octanol–water partition coefficient (Wildman–Crippen LogP) is 4.97. The summed E-state index contributed by atoms with van der Waals surface area (Å²) in [5.74, 6) is 0.582. The summed E-state index contributed by atoms with van der Waals surface area (Å²) in [6.07, 6.45) is 1.54. The van der Waals surface area contributed by atoms with Gasteiger partial charge >= 0.3 is 5.97 Å². The van der Waals surface area contributed by atoms with Crippen LogP contribution in [0.5, 0.6) is 11.5 Å². The van der Waals surface area contributed by atoms with E-state index in [2.05, 4.69) is 9.98 Å². The van der Waals surface area contributed by atoms with E-state index in [9.17, 15) is 9.59 Å². The fraction of sp³-hybridized carbons (Fsp3) is 0.200. The lowest BCUT2D eigenvalue weighted by Crippen LogP contribution is -2.22. The second kappa shape index (κ2) is 10.3. The van der Waals surface area contributed by atoms with Gasteiger partial charge in [-0.2, -0.15) is 0 Å². The zero-order valence-corrected chi connectivity index (χ0v) is 19.8. The monoisotopic (exact) mass is 477 g/mol. The Hall–Kier alpha value is -3.98. The SMILES string of the molecule is CCOc1ccc(C2=N/C(=C/c3csc(N(C(C)=O)c4ccccc4)n3)C(=O)O2)cc1OCC. The highest BCUT2D eigenvalue weighted by atomic mass is 32.1. The lowest BCUT2D eigenvalue weighted by Gasteiger charge is -2.17. The molecule has 4 rings (SSSR count). The summed E-state index contributed by atoms with van der Waals surface area (Å²) in [5, 5.41) is 2.25. The molecule has 0 N–H and O–H groups in total. The number of rotatable bonds is 8. The summed E-state index contributed by atoms with van der Waals surface area (Å²) in [6.45, 7) is 6.22. The third-order valence-electron chi connectivity index (χ3n) is 4.73. The average molecular weight is 478 g/mol. The van der Waals surface area contributed by atoms with Crippen molar-refractivity contribution in [1.82, 2.24) is 4.98 Å². The zero-order chi connectivity index (χ0) is 24.1. The molecule has 0 bridgehead atoms. The molecule has 174 valence electrons. The van der Waals surface area contributed by atoms with Gasteiger partial charge in [0.15, 0.2) is 22.3 Å². The van der Waals surface area contributed by atoms with Crippen molar-refractivity contribution >= 4 is 46.0 Å². The number of nitrogens with zero attached hydrogens (tertiary/aromatic N) is 3. The van der Waals surface area contributed by atoms with Gasteiger partial charge in [-0.15, -0.1) is 11.3 Å². The van der Waals surface area contributed by atoms with Crippen molar-refractivity contribution in [3.8, 4) is 11.5 Å². The van der Waals surface area contributed by atoms with Crippen molar-refractivity contribution in [2.75, 3.05) is 18.1 Å². The fourth-order valence-corrected chi connectivity index (χ4v) is 4.15. The first kappa shape index (κ1) is 23.2. The molecule has 2 aromatic carbocycles. The summed E-state index contributed by atoms with van der Waals surface area (Å²) in [7, 11) is 0. The number of hydrogen-bond donors (Lipinski definition) is 0. The number of amides is 1. The largest absolute Gasteiger partial charge is 0.490 e. The quantitative estimate of drug-likeness (QED) is 0.336. The van der Waals surface area contributed by atoms with Gasteiger partial charge in [-0.05, 0) is 50.3 Å². The van der Waals surface area contributed by atoms with Crippen molar-refractivity contribution in [2.45, 2.75) is 20.8 Å². The number of benzene rings is 2. The van der Waals surface area contributed by atoms with Crippen molar-refractivity contribution in [1.29, 1.82) is 0 Å². The van der Waals surface area contributed by atoms with Crippen LogP contribution in [-0.2, 0) is 14.3 Å². The van der Waals surface area contributed by atoms with Crippen LogP contribution in [0.15, 0.2) is 64.6 Å². The number of aromatic nitrogens is 1. The van der Waals surface area contributed by atoms with Crippen molar-refractivity contribution < 1.29 is 23.8 Å². The highest BCUT2D eigenvalue weighted by Gasteiger charge is 2.26. The van der Waals surface area contributed by atoms with Gasteiger partial charge in [0, 0.05) is 17.9 Å². The number of thiazole rings is 1. The smallest absolute Gasteiger partial charge is 0.363 e. The van der Waals surface area contributed by atoms with Gasteiger partial charge in [0.25, 0.3) is 0 Å². The van der Waals surface area contributed by atoms with Crippen LogP contribution in [0.25, 0.3) is 6.08 Å². The third-order valence-corrected chi connectivity index (χ3v) is 5.57. The molecule has 0 aliphatic carbocycles. The van der Waals surface area contributed by atoms with Crippen LogP contribution in [0.1, 0.15) is 32.0 Å². The van der Waals surface area contributed by atoms with E-state index in [-0.39, 0.29) is 17.5 Å². The fourth-order valence-electron chi connectivity index (χ4n) is 3.31. The van der Waals surface area contributed by atoms with Gasteiger partial charge in [-0.3, -0.25) is 9.69 Å². The number of ether oxygens (including phenoxy) is 3. The molecule has 0 spiro atoms. The second-order valence-electron chi connectivity index (χ2n) is 7.11. The molecule has 2 heterocycles. The molecule has 9 heteroatoms. The van der Waals surface area contributed by atoms with E-state index in [0.29, 0.717) is 46.8 Å². The maximum Gasteiger partial charge on any atom is 0.363 e. The van der Waals surface area contributed by atoms with E-state index in [4.69, 9.17) is 14.2 Å². The summed E-state index contributed by atoms with van der Waals surface area (Å²) in [4.78, 5) is 35.1. The van der Waals surface area contributed by atoms with Crippen LogP contribution >= 0.6 is 11.3 Å². The molecule has 0 fully saturated rings. The first-order valence-electron chi connectivity index (χ1n) is 10.7. The van der Waals surface area contributed by atoms with E-state index >= 15 is 0 Å². The lowest BCUT2D eigenvalue weighted by molar-refractivity contribution is -0.130. The van der Waals surface area contributed by atoms with Crippen LogP contribution in [0.2, 0.25) is 0 Å². The molecular formula is C25H23N3O5S. The van der Waals surface area contributed by atoms with Gasteiger partial charge in [0.05, 0.1) is 24.6 Å². The maximum absolute atomic E-state index is 12.5. The molecule has 1 aliphatic heterocycles. The van der Waals surface area contributed by atoms with Crippen LogP contribution in [0, 0.1) is 0 Å². The molecule has 1 aliphatic rings. The second-order valence-corrected chi connectivity index (χ2v) is 7.95. The molecule has 0 radical (unpaired) electrons. The number of carbonyl (C=O) groups is 2. The number of para-hydroxylation sites is 1. The van der Waals surface area contributed by atoms with Crippen molar-refractivity contribution in [2.24, 2.45) is 4.99 Å². The number of esters is 1. The topological polar surface area (TPSA) is 90.3 Å². The summed E-state index contributed by atoms with van der Waals surface area (Å²) >= 11 is 1.29. The van der Waals surface area contributed by atoms with Gasteiger partial charge in [-0.25, -0.2) is 14.8 Å². The van der Waals surface area contributed by atoms with Gasteiger partial charge < -0.3 is 14.2 Å². The molecule has 0 atom stereocenters. The van der Waals surface area contributed by atoms with Gasteiger partial charge in [0.2, 0.25) is 11.8 Å². The summed E-state index contributed by atoms with van der Waals surface area (Å²) in [5.41, 5.74) is 1.92. The Morgan fingerprint density at radius 3 is 2.53 bits per heavy atom. The minimum absolute atomic E-state index is 0.118. The van der Waals surface area contributed by atoms with E-state index in [1.54, 1.807) is 23.6 Å². The number of aliphatic imine (C=N–C) groups is 1. The van der Waals surface area contributed by atoms with E-state index in [1.165, 1.54) is 29.2 Å². The average Bonchev–Trinajstić information content (AvgIpc) is 3.43. The Morgan fingerprint density at radius 2 is 1.82 bits per heavy atom. The van der Waals surface area contributed by atoms with Gasteiger partial charge in [0.1, 0.15) is 0 Å². The van der Waals surface area contributed by atoms with Crippen molar-refractivity contribution in [3.63, 3.8) is 0 Å². The Kier molecular flexibility index (Phi) is 7.03. The van der Waals surface area contributed by atoms with Gasteiger partial charge in [-0.1, -0.05) is 18.2 Å². The van der Waals surface area contributed by atoms with Crippen LogP contribution in [0.3, 0.4) is 0 Å². The summed E-state index contributed by atoms with van der Waals surface area (Å²) in [6, 6.07) is 14.5. The lowest BCUT2D eigenvalue weighted by atomic mass is 10.2. The number of carbonyl (C=O) groups excluding carboxylic acids is 2. The van der Waals surface area contributed by atoms with E-state index in [0.717, 1.165) is 0 Å². The number of anilines is 2. The summed E-state index contributed by atoms with van der Waals surface area (Å²) < 4.78 is 16.6. The molecule has 1 amide bonds. The highest BCUT2D eigenvalue weighted by molar-refractivity contribution is 7.14. The molecule has 8 nitrogen and oxygen atoms in total. The van der Waals surface area contributed by atoms with Crippen LogP contribution in [0.4, 0.5) is 10.8 Å². The predicted molar refractivity (Wildman–Crippen MR) is 131 cm³/mol. The minimum Gasteiger partial charge on any atom is -0.490 e. The standard InChI is InChI=1S/C25H23N3O5S/c1-4-31-21-12-11-17(13-22(21)32-5-2)23-27-20(24(30)33-23)14-18-15-34-25(26-18)28(16(3)29)19-9-7-6-8-10-19/h6-15H,4-5H2,1-3H3/b20-14+. The molecule has 3 aromatic rings. The molecule has 0 saturated carbocycles. The highest BCUT2D eigenvalue weighted by Crippen LogP contribution is 2.32. The normalized spacial score (nSPS) is 14.0. The number of hydrogen-bond acceptors (Lipinski definition) is 8. The first-order chi connectivity index (χ1) is 16.5. The van der Waals surface area contributed by atoms with E-state index in [1.807, 2.05) is 44.2 Å². The zero-order valence-electron chi connectivity index (χ0n) is 19.0. The molecule has 34 heavy (non-hydrogen) atoms. The number of cyclic esters (lactones) is 1. The van der Waals surface area contributed by atoms with Crippen molar-refractivity contribution in [3.05, 3.63) is 70.9 Å². The first-order valence-corrected chi connectivity index (χ1v) is 11.6. The van der Waals surface area contributed by atoms with Crippen LogP contribution in [-0.4, -0.2) is 36.0 Å². The Bertz CT molecular complexity index is 1270. The molecular weight excluding hydrogens is 454 g/mol.